The molecule has 106 valence electrons. The Kier molecular flexibility index (Phi) is 4.19. The maximum Gasteiger partial charge on any atom is 0.0663 e. The Hall–Kier alpha value is -1.57. The number of aromatic nitrogens is 2. The lowest BCUT2D eigenvalue weighted by Gasteiger charge is -2.14. The van der Waals surface area contributed by atoms with Gasteiger partial charge >= 0.3 is 0 Å². The molecule has 1 aliphatic rings. The van der Waals surface area contributed by atoms with Crippen molar-refractivity contribution in [3.63, 3.8) is 0 Å². The molecule has 0 saturated carbocycles. The molecule has 1 aromatic heterocycles. The highest BCUT2D eigenvalue weighted by molar-refractivity contribution is 5.38. The van der Waals surface area contributed by atoms with Crippen LogP contribution in [0.3, 0.4) is 0 Å². The summed E-state index contributed by atoms with van der Waals surface area (Å²) in [7, 11) is 0. The van der Waals surface area contributed by atoms with Gasteiger partial charge in [0.15, 0.2) is 0 Å². The van der Waals surface area contributed by atoms with Gasteiger partial charge in [0.25, 0.3) is 0 Å². The lowest BCUT2D eigenvalue weighted by atomic mass is 9.94. The summed E-state index contributed by atoms with van der Waals surface area (Å²) in [5, 5.41) is 4.95. The highest BCUT2D eigenvalue weighted by Crippen LogP contribution is 2.27. The summed E-state index contributed by atoms with van der Waals surface area (Å²) in [5.41, 5.74) is 5.59. The topological polar surface area (TPSA) is 17.8 Å². The highest BCUT2D eigenvalue weighted by atomic mass is 15.3. The zero-order valence-corrected chi connectivity index (χ0v) is 12.4. The van der Waals surface area contributed by atoms with E-state index in [9.17, 15) is 0 Å². The van der Waals surface area contributed by atoms with Gasteiger partial charge in [0, 0.05) is 5.69 Å². The van der Waals surface area contributed by atoms with Crippen molar-refractivity contribution in [1.29, 1.82) is 0 Å². The van der Waals surface area contributed by atoms with E-state index in [4.69, 9.17) is 5.10 Å². The Balaban J connectivity index is 1.94. The fraction of sp³-hybridized carbons (Fsp3) is 0.500. The first-order valence-electron chi connectivity index (χ1n) is 8.05. The van der Waals surface area contributed by atoms with E-state index in [1.54, 1.807) is 5.56 Å². The summed E-state index contributed by atoms with van der Waals surface area (Å²) in [6.45, 7) is 2.26. The van der Waals surface area contributed by atoms with Gasteiger partial charge in [0.05, 0.1) is 11.4 Å². The Morgan fingerprint density at radius 2 is 1.85 bits per heavy atom. The minimum atomic E-state index is 1.15. The summed E-state index contributed by atoms with van der Waals surface area (Å²) >= 11 is 0. The number of unbranched alkanes of at least 4 members (excludes halogenated alkanes) is 2. The van der Waals surface area contributed by atoms with Crippen molar-refractivity contribution >= 4 is 0 Å². The van der Waals surface area contributed by atoms with Gasteiger partial charge in [0.1, 0.15) is 0 Å². The van der Waals surface area contributed by atoms with E-state index < -0.39 is 0 Å². The molecule has 2 heteroatoms. The van der Waals surface area contributed by atoms with Gasteiger partial charge in [-0.15, -0.1) is 0 Å². The largest absolute Gasteiger partial charge is 0.237 e. The zero-order valence-electron chi connectivity index (χ0n) is 12.4. The Labute approximate surface area is 121 Å². The van der Waals surface area contributed by atoms with Gasteiger partial charge in [0.2, 0.25) is 0 Å². The van der Waals surface area contributed by atoms with Crippen LogP contribution in [0.5, 0.6) is 0 Å². The van der Waals surface area contributed by atoms with Gasteiger partial charge in [-0.3, -0.25) is 0 Å². The predicted molar refractivity (Wildman–Crippen MR) is 83.4 cm³/mol. The van der Waals surface area contributed by atoms with E-state index in [2.05, 4.69) is 41.9 Å². The molecule has 0 unspecified atom stereocenters. The average Bonchev–Trinajstić information content (AvgIpc) is 2.88. The third kappa shape index (κ3) is 2.65. The van der Waals surface area contributed by atoms with Crippen LogP contribution in [0, 0.1) is 0 Å². The summed E-state index contributed by atoms with van der Waals surface area (Å²) < 4.78 is 2.20. The molecule has 1 heterocycles. The second-order valence-electron chi connectivity index (χ2n) is 5.78. The minimum Gasteiger partial charge on any atom is -0.237 e. The first-order valence-corrected chi connectivity index (χ1v) is 8.05. The van der Waals surface area contributed by atoms with Crippen molar-refractivity contribution in [2.75, 3.05) is 0 Å². The van der Waals surface area contributed by atoms with Crippen molar-refractivity contribution in [1.82, 2.24) is 9.78 Å². The second-order valence-corrected chi connectivity index (χ2v) is 5.78. The lowest BCUT2D eigenvalue weighted by molar-refractivity contribution is 0.652. The van der Waals surface area contributed by atoms with E-state index in [1.165, 1.54) is 62.0 Å². The first-order chi connectivity index (χ1) is 9.90. The van der Waals surface area contributed by atoms with Crippen molar-refractivity contribution in [3.05, 3.63) is 47.3 Å². The molecular formula is C18H24N2. The van der Waals surface area contributed by atoms with Crippen molar-refractivity contribution < 1.29 is 0 Å². The highest BCUT2D eigenvalue weighted by Gasteiger charge is 2.20. The quantitative estimate of drug-likeness (QED) is 0.731. The molecule has 0 radical (unpaired) electrons. The fourth-order valence-electron chi connectivity index (χ4n) is 3.20. The maximum atomic E-state index is 4.95. The third-order valence-electron chi connectivity index (χ3n) is 4.28. The van der Waals surface area contributed by atoms with E-state index in [-0.39, 0.29) is 0 Å². The summed E-state index contributed by atoms with van der Waals surface area (Å²) in [4.78, 5) is 0. The number of nitrogens with zero attached hydrogens (tertiary/aromatic N) is 2. The van der Waals surface area contributed by atoms with E-state index >= 15 is 0 Å². The molecule has 0 saturated heterocycles. The zero-order chi connectivity index (χ0) is 13.8. The minimum absolute atomic E-state index is 1.15. The number of benzene rings is 1. The molecule has 0 spiro atoms. The number of para-hydroxylation sites is 1. The van der Waals surface area contributed by atoms with Gasteiger partial charge < -0.3 is 0 Å². The molecule has 3 rings (SSSR count). The molecule has 2 aromatic rings. The van der Waals surface area contributed by atoms with Crippen LogP contribution >= 0.6 is 0 Å². The number of aryl methyl sites for hydroxylation is 1. The number of hydrogen-bond donors (Lipinski definition) is 0. The fourth-order valence-corrected chi connectivity index (χ4v) is 3.20. The smallest absolute Gasteiger partial charge is 0.0663 e. The second kappa shape index (κ2) is 6.25. The first kappa shape index (κ1) is 13.4. The van der Waals surface area contributed by atoms with Crippen LogP contribution in [0.2, 0.25) is 0 Å². The molecule has 20 heavy (non-hydrogen) atoms. The maximum absolute atomic E-state index is 4.95. The Morgan fingerprint density at radius 1 is 1.05 bits per heavy atom. The molecule has 0 N–H and O–H groups in total. The molecule has 0 bridgehead atoms. The molecule has 0 fully saturated rings. The van der Waals surface area contributed by atoms with Crippen LogP contribution in [0.4, 0.5) is 0 Å². The van der Waals surface area contributed by atoms with Crippen molar-refractivity contribution in [2.45, 2.75) is 58.3 Å². The number of rotatable bonds is 5. The van der Waals surface area contributed by atoms with Crippen LogP contribution in [0.1, 0.15) is 56.0 Å². The van der Waals surface area contributed by atoms with E-state index in [0.717, 1.165) is 6.42 Å². The Morgan fingerprint density at radius 3 is 2.65 bits per heavy atom. The predicted octanol–water partition coefficient (Wildman–Crippen LogP) is 4.48. The van der Waals surface area contributed by atoms with Crippen LogP contribution < -0.4 is 0 Å². The van der Waals surface area contributed by atoms with Gasteiger partial charge in [-0.25, -0.2) is 4.68 Å². The van der Waals surface area contributed by atoms with Crippen molar-refractivity contribution in [2.24, 2.45) is 0 Å². The molecule has 0 amide bonds. The van der Waals surface area contributed by atoms with Crippen LogP contribution in [-0.2, 0) is 19.3 Å². The summed E-state index contributed by atoms with van der Waals surface area (Å²) in [6, 6.07) is 10.6. The van der Waals surface area contributed by atoms with E-state index in [1.807, 2.05) is 0 Å². The monoisotopic (exact) mass is 268 g/mol. The third-order valence-corrected chi connectivity index (χ3v) is 4.28. The average molecular weight is 268 g/mol. The van der Waals surface area contributed by atoms with Gasteiger partial charge in [-0.1, -0.05) is 38.0 Å². The lowest BCUT2D eigenvalue weighted by Crippen LogP contribution is -2.07. The Bertz CT molecular complexity index is 554. The molecule has 1 aliphatic carbocycles. The molecule has 2 nitrogen and oxygen atoms in total. The molecule has 0 aliphatic heterocycles. The standard InChI is InChI=1S/C18H24N2/c1-2-3-5-13-17-16-12-8-9-14-18(16)20(19-17)15-10-6-4-7-11-15/h4,6-7,10-11H,2-3,5,8-9,12-14H2,1H3. The van der Waals surface area contributed by atoms with Crippen LogP contribution in [0.15, 0.2) is 30.3 Å². The van der Waals surface area contributed by atoms with Crippen LogP contribution in [-0.4, -0.2) is 9.78 Å². The summed E-state index contributed by atoms with van der Waals surface area (Å²) in [6.07, 6.45) is 10.1. The SMILES string of the molecule is CCCCCc1nn(-c2ccccc2)c2c1CCCC2. The van der Waals surface area contributed by atoms with E-state index in [0.29, 0.717) is 0 Å². The number of hydrogen-bond acceptors (Lipinski definition) is 1. The summed E-state index contributed by atoms with van der Waals surface area (Å²) in [5.74, 6) is 0. The number of fused-ring (bicyclic) bond motifs is 1. The van der Waals surface area contributed by atoms with Gasteiger partial charge in [-0.2, -0.15) is 5.10 Å². The van der Waals surface area contributed by atoms with Crippen LogP contribution in [0.25, 0.3) is 5.69 Å². The molecule has 0 atom stereocenters. The van der Waals surface area contributed by atoms with Crippen molar-refractivity contribution in [3.8, 4) is 5.69 Å². The molecule has 1 aromatic carbocycles. The van der Waals surface area contributed by atoms with Gasteiger partial charge in [-0.05, 0) is 56.2 Å². The normalized spacial score (nSPS) is 14.2. The molecular weight excluding hydrogens is 244 g/mol.